The minimum atomic E-state index is -1.01. The van der Waals surface area contributed by atoms with Crippen molar-refractivity contribution >= 4 is 17.5 Å². The molecule has 31 heavy (non-hydrogen) atoms. The molecule has 1 aromatic carbocycles. The second-order valence-electron chi connectivity index (χ2n) is 8.58. The van der Waals surface area contributed by atoms with Gasteiger partial charge in [-0.3, -0.25) is 9.59 Å². The van der Waals surface area contributed by atoms with Crippen LogP contribution in [-0.2, 0) is 33.3 Å². The van der Waals surface area contributed by atoms with E-state index in [1.165, 1.54) is 0 Å². The van der Waals surface area contributed by atoms with Gasteiger partial charge in [0.25, 0.3) is 5.91 Å². The summed E-state index contributed by atoms with van der Waals surface area (Å²) in [6, 6.07) is 6.87. The topological polar surface area (TPSA) is 114 Å². The molecule has 0 unspecified atom stereocenters. The van der Waals surface area contributed by atoms with Crippen LogP contribution in [0.4, 0.5) is 5.69 Å². The maximum atomic E-state index is 12.9. The zero-order valence-electron chi connectivity index (χ0n) is 18.2. The van der Waals surface area contributed by atoms with Crippen molar-refractivity contribution in [3.8, 4) is 5.75 Å². The van der Waals surface area contributed by atoms with E-state index in [1.807, 2.05) is 0 Å². The van der Waals surface area contributed by atoms with Crippen molar-refractivity contribution in [2.45, 2.75) is 70.0 Å². The lowest BCUT2D eigenvalue weighted by molar-refractivity contribution is -0.231. The average Bonchev–Trinajstić information content (AvgIpc) is 3.19. The Morgan fingerprint density at radius 2 is 1.55 bits per heavy atom. The second kappa shape index (κ2) is 8.03. The van der Waals surface area contributed by atoms with E-state index >= 15 is 0 Å². The van der Waals surface area contributed by atoms with Gasteiger partial charge in [-0.05, 0) is 52.0 Å². The van der Waals surface area contributed by atoms with E-state index < -0.39 is 48.2 Å². The number of hydrogen-bond acceptors (Lipinski definition) is 8. The minimum Gasteiger partial charge on any atom is -0.497 e. The van der Waals surface area contributed by atoms with E-state index in [1.54, 1.807) is 59.1 Å². The van der Waals surface area contributed by atoms with Crippen molar-refractivity contribution in [2.24, 2.45) is 0 Å². The largest absolute Gasteiger partial charge is 0.497 e. The molecule has 3 heterocycles. The maximum absolute atomic E-state index is 12.9. The fourth-order valence-corrected chi connectivity index (χ4v) is 3.97. The van der Waals surface area contributed by atoms with Crippen LogP contribution in [-0.4, -0.2) is 67.7 Å². The molecule has 170 valence electrons. The summed E-state index contributed by atoms with van der Waals surface area (Å²) in [6.07, 6.45) is -3.56. The number of amides is 2. The van der Waals surface area contributed by atoms with Crippen LogP contribution in [0.5, 0.6) is 5.75 Å². The van der Waals surface area contributed by atoms with Gasteiger partial charge in [-0.1, -0.05) is 0 Å². The van der Waals surface area contributed by atoms with Crippen molar-refractivity contribution in [3.05, 3.63) is 24.3 Å². The number of benzene rings is 1. The first-order chi connectivity index (χ1) is 14.6. The van der Waals surface area contributed by atoms with Crippen molar-refractivity contribution in [1.82, 2.24) is 5.32 Å². The highest BCUT2D eigenvalue weighted by Crippen LogP contribution is 2.44. The van der Waals surface area contributed by atoms with Gasteiger partial charge in [-0.25, -0.2) is 0 Å². The van der Waals surface area contributed by atoms with Gasteiger partial charge < -0.3 is 39.1 Å². The number of fused-ring (bicyclic) bond motifs is 3. The van der Waals surface area contributed by atoms with Crippen LogP contribution in [0.25, 0.3) is 0 Å². The Labute approximate surface area is 180 Å². The molecule has 10 nitrogen and oxygen atoms in total. The van der Waals surface area contributed by atoms with Gasteiger partial charge in [0, 0.05) is 5.69 Å². The number of ether oxygens (including phenoxy) is 6. The van der Waals surface area contributed by atoms with Gasteiger partial charge in [0.15, 0.2) is 24.0 Å². The summed E-state index contributed by atoms with van der Waals surface area (Å²) in [6.45, 7) is 6.83. The van der Waals surface area contributed by atoms with E-state index in [-0.39, 0.29) is 12.5 Å². The Bertz CT molecular complexity index is 840. The first-order valence-corrected chi connectivity index (χ1v) is 10.2. The predicted octanol–water partition coefficient (Wildman–Crippen LogP) is 1.15. The third kappa shape index (κ3) is 4.68. The zero-order valence-corrected chi connectivity index (χ0v) is 18.2. The normalized spacial score (nSPS) is 32.6. The Hall–Kier alpha value is -2.24. The van der Waals surface area contributed by atoms with E-state index in [0.29, 0.717) is 11.4 Å². The van der Waals surface area contributed by atoms with Crippen LogP contribution in [0, 0.1) is 0 Å². The van der Waals surface area contributed by atoms with Crippen LogP contribution in [0.15, 0.2) is 24.3 Å². The molecule has 2 N–H and O–H groups in total. The van der Waals surface area contributed by atoms with Crippen LogP contribution >= 0.6 is 0 Å². The number of anilines is 1. The monoisotopic (exact) mass is 436 g/mol. The smallest absolute Gasteiger partial charge is 0.252 e. The van der Waals surface area contributed by atoms with Gasteiger partial charge in [-0.2, -0.15) is 0 Å². The molecule has 1 aromatic rings. The molecule has 2 amide bonds. The fourth-order valence-electron chi connectivity index (χ4n) is 3.97. The van der Waals surface area contributed by atoms with Crippen LogP contribution in [0.1, 0.15) is 27.7 Å². The number of nitrogens with one attached hydrogen (secondary N) is 2. The van der Waals surface area contributed by atoms with Crippen molar-refractivity contribution in [2.75, 3.05) is 19.0 Å². The number of carbonyl (C=O) groups excluding carboxylic acids is 2. The van der Waals surface area contributed by atoms with E-state index in [0.717, 1.165) is 0 Å². The summed E-state index contributed by atoms with van der Waals surface area (Å²) in [5.41, 5.74) is 0.588. The summed E-state index contributed by atoms with van der Waals surface area (Å²) in [4.78, 5) is 25.1. The third-order valence-corrected chi connectivity index (χ3v) is 5.21. The first kappa shape index (κ1) is 22.0. The zero-order chi connectivity index (χ0) is 22.4. The number of methoxy groups -OCH3 is 1. The molecule has 0 spiro atoms. The highest BCUT2D eigenvalue weighted by Gasteiger charge is 2.62. The molecular weight excluding hydrogens is 408 g/mol. The molecule has 3 saturated heterocycles. The summed E-state index contributed by atoms with van der Waals surface area (Å²) in [5.74, 6) is -1.98. The Kier molecular flexibility index (Phi) is 5.69. The van der Waals surface area contributed by atoms with Crippen molar-refractivity contribution in [3.63, 3.8) is 0 Å². The molecule has 0 saturated carbocycles. The molecule has 0 bridgehead atoms. The number of rotatable bonds is 5. The second-order valence-corrected chi connectivity index (χ2v) is 8.58. The molecule has 0 aliphatic carbocycles. The van der Waals surface area contributed by atoms with Crippen molar-refractivity contribution < 1.29 is 38.0 Å². The first-order valence-electron chi connectivity index (χ1n) is 10.2. The van der Waals surface area contributed by atoms with E-state index in [4.69, 9.17) is 28.4 Å². The highest BCUT2D eigenvalue weighted by molar-refractivity contribution is 5.95. The molecule has 3 aliphatic heterocycles. The fraction of sp³-hybridized carbons (Fsp3) is 0.619. The Morgan fingerprint density at radius 1 is 0.935 bits per heavy atom. The van der Waals surface area contributed by atoms with Gasteiger partial charge in [0.05, 0.1) is 13.7 Å². The predicted molar refractivity (Wildman–Crippen MR) is 107 cm³/mol. The molecule has 10 heteroatoms. The molecule has 4 rings (SSSR count). The van der Waals surface area contributed by atoms with Gasteiger partial charge >= 0.3 is 0 Å². The number of carbonyl (C=O) groups is 2. The van der Waals surface area contributed by atoms with Gasteiger partial charge in [0.2, 0.25) is 5.91 Å². The third-order valence-electron chi connectivity index (χ3n) is 5.21. The molecule has 0 radical (unpaired) electrons. The van der Waals surface area contributed by atoms with Crippen molar-refractivity contribution in [1.29, 1.82) is 0 Å². The van der Waals surface area contributed by atoms with E-state index in [9.17, 15) is 9.59 Å². The average molecular weight is 436 g/mol. The summed E-state index contributed by atoms with van der Waals surface area (Å²) in [5, 5.41) is 5.31. The molecular formula is C21H28N2O8. The summed E-state index contributed by atoms with van der Waals surface area (Å²) in [7, 11) is 1.56. The van der Waals surface area contributed by atoms with Crippen LogP contribution in [0.2, 0.25) is 0 Å². The van der Waals surface area contributed by atoms with E-state index in [2.05, 4.69) is 10.6 Å². The lowest BCUT2D eigenvalue weighted by Crippen LogP contribution is -2.59. The minimum absolute atomic E-state index is 0.233. The molecule has 3 fully saturated rings. The molecule has 0 aromatic heterocycles. The molecule has 3 aliphatic rings. The van der Waals surface area contributed by atoms with Crippen LogP contribution in [0.3, 0.4) is 0 Å². The van der Waals surface area contributed by atoms with Crippen LogP contribution < -0.4 is 15.4 Å². The van der Waals surface area contributed by atoms with Gasteiger partial charge in [-0.15, -0.1) is 0 Å². The summed E-state index contributed by atoms with van der Waals surface area (Å²) >= 11 is 0. The highest BCUT2D eigenvalue weighted by atomic mass is 16.9. The summed E-state index contributed by atoms with van der Waals surface area (Å²) < 4.78 is 34.6. The lowest BCUT2D eigenvalue weighted by Gasteiger charge is -2.36. The lowest BCUT2D eigenvalue weighted by atomic mass is 9.98. The standard InChI is InChI=1S/C21H28N2O8/c1-20(2)28-14-15(29-20)17-19(31-21(3,4)30-17)27-16(14)18(25)22-10-13(24)23-11-6-8-12(26-5)9-7-11/h6-9,14-17,19H,10H2,1-5H3,(H,22,25)(H,23,24)/t14-,15+,16+,17+,19+/m0/s1. The number of hydrogen-bond donors (Lipinski definition) is 2. The SMILES string of the molecule is COc1ccc(NC(=O)CNC(=O)[C@@H]2O[C@@H]3OC(C)(C)O[C@@H]3[C@@H]3OC(C)(C)O[C@@H]32)cc1. The van der Waals surface area contributed by atoms with Gasteiger partial charge in [0.1, 0.15) is 24.1 Å². The molecule has 5 atom stereocenters. The maximum Gasteiger partial charge on any atom is 0.252 e. The quantitative estimate of drug-likeness (QED) is 0.707. The Morgan fingerprint density at radius 3 is 2.23 bits per heavy atom. The Balaban J connectivity index is 1.38.